The molecule has 1 aliphatic rings. The number of fused-ring (bicyclic) bond motifs is 8. The first-order chi connectivity index (χ1) is 24.2. The molecule has 0 saturated carbocycles. The lowest BCUT2D eigenvalue weighted by molar-refractivity contribution is 0.298. The van der Waals surface area contributed by atoms with E-state index in [4.69, 9.17) is 14.2 Å². The van der Waals surface area contributed by atoms with Crippen molar-refractivity contribution in [2.75, 3.05) is 6.61 Å². The van der Waals surface area contributed by atoms with Gasteiger partial charge in [-0.15, -0.1) is 0 Å². The highest BCUT2D eigenvalue weighted by Crippen LogP contribution is 2.39. The maximum absolute atomic E-state index is 11.7. The van der Waals surface area contributed by atoms with Gasteiger partial charge in [-0.25, -0.2) is 0 Å². The highest BCUT2D eigenvalue weighted by atomic mass is 16.5. The predicted molar refractivity (Wildman–Crippen MR) is 196 cm³/mol. The standard InChI is InChI=1S/C45H42O4/c1-2-25-47-43-38-21-12-22-39(43)29-41-24-11-20-37(45(41)49-31-33-15-7-4-8-16-33)27-35-18-9-17-34(42(35)46)26-36-19-10-23-40(28-38)44(36)48-30-32-13-5-3-6-14-32/h3-24,46H,2,25-31H2,1H3. The van der Waals surface area contributed by atoms with Gasteiger partial charge in [-0.3, -0.25) is 0 Å². The van der Waals surface area contributed by atoms with Crippen molar-refractivity contribution in [2.45, 2.75) is 52.2 Å². The Labute approximate surface area is 289 Å². The van der Waals surface area contributed by atoms with Crippen molar-refractivity contribution in [1.29, 1.82) is 0 Å². The Morgan fingerprint density at radius 3 is 1.10 bits per heavy atom. The summed E-state index contributed by atoms with van der Waals surface area (Å²) in [6.45, 7) is 3.68. The molecule has 4 heteroatoms. The molecule has 0 atom stereocenters. The molecular formula is C45H42O4. The molecule has 0 aromatic heterocycles. The third-order valence-corrected chi connectivity index (χ3v) is 9.16. The number of hydrogen-bond donors (Lipinski definition) is 1. The molecule has 7 rings (SSSR count). The SMILES string of the molecule is CCCOc1c2cccc1Cc1cccc(c1OCc1ccccc1)Cc1cccc(c1O)Cc1cccc(c1OCc1ccccc1)C2. The van der Waals surface area contributed by atoms with Gasteiger partial charge in [0.2, 0.25) is 0 Å². The predicted octanol–water partition coefficient (Wildman–Crippen LogP) is 10.0. The summed E-state index contributed by atoms with van der Waals surface area (Å²) >= 11 is 0. The first kappa shape index (κ1) is 32.1. The third kappa shape index (κ3) is 7.49. The van der Waals surface area contributed by atoms with Crippen molar-refractivity contribution in [2.24, 2.45) is 0 Å². The van der Waals surface area contributed by atoms with E-state index in [0.717, 1.165) is 79.3 Å². The number of hydrogen-bond acceptors (Lipinski definition) is 4. The van der Waals surface area contributed by atoms with Crippen molar-refractivity contribution < 1.29 is 19.3 Å². The number of rotatable bonds is 9. The smallest absolute Gasteiger partial charge is 0.126 e. The normalized spacial score (nSPS) is 12.3. The summed E-state index contributed by atoms with van der Waals surface area (Å²) in [5.41, 5.74) is 10.4. The zero-order chi connectivity index (χ0) is 33.4. The van der Waals surface area contributed by atoms with Crippen LogP contribution < -0.4 is 14.2 Å². The van der Waals surface area contributed by atoms with Gasteiger partial charge in [0.25, 0.3) is 0 Å². The average Bonchev–Trinajstić information content (AvgIpc) is 3.13. The second kappa shape index (κ2) is 15.2. The van der Waals surface area contributed by atoms with Crippen LogP contribution in [0.5, 0.6) is 23.0 Å². The summed E-state index contributed by atoms with van der Waals surface area (Å²) in [5.74, 6) is 2.96. The van der Waals surface area contributed by atoms with Crippen LogP contribution in [-0.4, -0.2) is 11.7 Å². The van der Waals surface area contributed by atoms with Gasteiger partial charge in [-0.2, -0.15) is 0 Å². The van der Waals surface area contributed by atoms with Crippen LogP contribution in [0.25, 0.3) is 0 Å². The monoisotopic (exact) mass is 646 g/mol. The number of phenols is 1. The lowest BCUT2D eigenvalue weighted by atomic mass is 9.91. The first-order valence-corrected chi connectivity index (χ1v) is 17.2. The fourth-order valence-electron chi connectivity index (χ4n) is 6.72. The van der Waals surface area contributed by atoms with Gasteiger partial charge >= 0.3 is 0 Å². The molecule has 1 aliphatic carbocycles. The molecule has 0 amide bonds. The largest absolute Gasteiger partial charge is 0.507 e. The first-order valence-electron chi connectivity index (χ1n) is 17.2. The maximum atomic E-state index is 11.7. The molecule has 246 valence electrons. The van der Waals surface area contributed by atoms with Gasteiger partial charge in [-0.1, -0.05) is 140 Å². The van der Waals surface area contributed by atoms with Crippen LogP contribution in [0.2, 0.25) is 0 Å². The van der Waals surface area contributed by atoms with Crippen molar-refractivity contribution in [3.05, 3.63) is 189 Å². The highest BCUT2D eigenvalue weighted by Gasteiger charge is 2.21. The summed E-state index contributed by atoms with van der Waals surface area (Å²) in [7, 11) is 0. The summed E-state index contributed by atoms with van der Waals surface area (Å²) in [5, 5.41) is 11.7. The molecule has 0 aliphatic heterocycles. The van der Waals surface area contributed by atoms with E-state index in [9.17, 15) is 5.11 Å². The molecule has 1 N–H and O–H groups in total. The number of phenolic OH excluding ortho intramolecular Hbond substituents is 1. The Hall–Kier alpha value is -5.48. The summed E-state index contributed by atoms with van der Waals surface area (Å²) in [6.07, 6.45) is 3.28. The Morgan fingerprint density at radius 1 is 0.408 bits per heavy atom. The number of ether oxygens (including phenoxy) is 3. The lowest BCUT2D eigenvalue weighted by Gasteiger charge is -2.22. The van der Waals surface area contributed by atoms with Gasteiger partial charge in [0.05, 0.1) is 6.61 Å². The topological polar surface area (TPSA) is 47.9 Å². The molecule has 0 radical (unpaired) electrons. The van der Waals surface area contributed by atoms with Crippen LogP contribution in [0.15, 0.2) is 133 Å². The number of para-hydroxylation sites is 4. The van der Waals surface area contributed by atoms with E-state index in [1.165, 1.54) is 0 Å². The van der Waals surface area contributed by atoms with E-state index in [1.807, 2.05) is 54.6 Å². The van der Waals surface area contributed by atoms with Gasteiger partial charge in [0, 0.05) is 25.7 Å². The van der Waals surface area contributed by atoms with Gasteiger partial charge in [0.15, 0.2) is 0 Å². The highest BCUT2D eigenvalue weighted by molar-refractivity contribution is 5.55. The number of aromatic hydroxyl groups is 1. The second-order valence-corrected chi connectivity index (χ2v) is 12.7. The Kier molecular flexibility index (Phi) is 9.93. The molecule has 0 saturated heterocycles. The Bertz CT molecular complexity index is 1880. The molecule has 6 aromatic rings. The summed E-state index contributed by atoms with van der Waals surface area (Å²) in [6, 6.07) is 45.8. The lowest BCUT2D eigenvalue weighted by Crippen LogP contribution is -2.08. The van der Waals surface area contributed by atoms with Crippen LogP contribution in [0.1, 0.15) is 69.0 Å². The van der Waals surface area contributed by atoms with E-state index >= 15 is 0 Å². The zero-order valence-corrected chi connectivity index (χ0v) is 28.0. The van der Waals surface area contributed by atoms with Crippen molar-refractivity contribution in [3.8, 4) is 23.0 Å². The molecule has 0 heterocycles. The van der Waals surface area contributed by atoms with Crippen LogP contribution in [0.3, 0.4) is 0 Å². The minimum absolute atomic E-state index is 0.314. The minimum Gasteiger partial charge on any atom is -0.507 e. The van der Waals surface area contributed by atoms with E-state index < -0.39 is 0 Å². The fourth-order valence-corrected chi connectivity index (χ4v) is 6.72. The Balaban J connectivity index is 1.36. The third-order valence-electron chi connectivity index (χ3n) is 9.16. The summed E-state index contributed by atoms with van der Waals surface area (Å²) < 4.78 is 19.9. The van der Waals surface area contributed by atoms with Gasteiger partial charge < -0.3 is 19.3 Å². The average molecular weight is 647 g/mol. The fraction of sp³-hybridized carbons (Fsp3) is 0.200. The van der Waals surface area contributed by atoms with Crippen molar-refractivity contribution >= 4 is 0 Å². The van der Waals surface area contributed by atoms with Gasteiger partial charge in [-0.05, 0) is 62.1 Å². The van der Waals surface area contributed by atoms with Crippen LogP contribution in [0.4, 0.5) is 0 Å². The minimum atomic E-state index is 0.314. The summed E-state index contributed by atoms with van der Waals surface area (Å²) in [4.78, 5) is 0. The molecule has 0 fully saturated rings. The number of benzene rings is 6. The molecule has 8 bridgehead atoms. The van der Waals surface area contributed by atoms with E-state index in [0.29, 0.717) is 51.3 Å². The molecule has 0 spiro atoms. The zero-order valence-electron chi connectivity index (χ0n) is 28.0. The molecule has 49 heavy (non-hydrogen) atoms. The van der Waals surface area contributed by atoms with Crippen LogP contribution in [0, 0.1) is 0 Å². The van der Waals surface area contributed by atoms with E-state index in [2.05, 4.69) is 85.8 Å². The molecular weight excluding hydrogens is 604 g/mol. The van der Waals surface area contributed by atoms with E-state index in [-0.39, 0.29) is 0 Å². The van der Waals surface area contributed by atoms with Crippen molar-refractivity contribution in [3.63, 3.8) is 0 Å². The van der Waals surface area contributed by atoms with Crippen LogP contribution >= 0.6 is 0 Å². The van der Waals surface area contributed by atoms with Gasteiger partial charge in [0.1, 0.15) is 36.2 Å². The van der Waals surface area contributed by atoms with Crippen molar-refractivity contribution in [1.82, 2.24) is 0 Å². The van der Waals surface area contributed by atoms with Crippen LogP contribution in [-0.2, 0) is 38.9 Å². The Morgan fingerprint density at radius 2 is 0.735 bits per heavy atom. The molecule has 4 nitrogen and oxygen atoms in total. The van der Waals surface area contributed by atoms with E-state index in [1.54, 1.807) is 0 Å². The maximum Gasteiger partial charge on any atom is 0.126 e. The molecule has 6 aromatic carbocycles. The second-order valence-electron chi connectivity index (χ2n) is 12.7. The molecule has 0 unspecified atom stereocenters. The quantitative estimate of drug-likeness (QED) is 0.170.